The predicted octanol–water partition coefficient (Wildman–Crippen LogP) is 3.05. The Bertz CT molecular complexity index is 789. The van der Waals surface area contributed by atoms with Gasteiger partial charge in [0.15, 0.2) is 0 Å². The van der Waals surface area contributed by atoms with Crippen molar-refractivity contribution in [2.45, 2.75) is 13.3 Å². The molecule has 0 unspecified atom stereocenters. The van der Waals surface area contributed by atoms with Gasteiger partial charge in [0.25, 0.3) is 5.91 Å². The van der Waals surface area contributed by atoms with Crippen molar-refractivity contribution in [3.63, 3.8) is 0 Å². The van der Waals surface area contributed by atoms with Crippen LogP contribution in [0.4, 0.5) is 11.4 Å². The number of aromatic nitrogens is 1. The van der Waals surface area contributed by atoms with Gasteiger partial charge in [0, 0.05) is 50.7 Å². The highest BCUT2D eigenvalue weighted by atomic mass is 35.5. The van der Waals surface area contributed by atoms with Gasteiger partial charge in [-0.15, -0.1) is 0 Å². The summed E-state index contributed by atoms with van der Waals surface area (Å²) in [5, 5.41) is 3.40. The number of pyridine rings is 1. The van der Waals surface area contributed by atoms with E-state index < -0.39 is 0 Å². The van der Waals surface area contributed by atoms with Gasteiger partial charge in [0.05, 0.1) is 16.3 Å². The number of carbonyl (C=O) groups excluding carboxylic acids is 2. The number of benzene rings is 1. The molecule has 1 N–H and O–H groups in total. The van der Waals surface area contributed by atoms with E-state index in [1.807, 2.05) is 24.0 Å². The quantitative estimate of drug-likeness (QED) is 0.895. The molecule has 0 radical (unpaired) electrons. The van der Waals surface area contributed by atoms with Crippen LogP contribution in [0.1, 0.15) is 23.7 Å². The van der Waals surface area contributed by atoms with Crippen LogP contribution in [-0.4, -0.2) is 47.9 Å². The number of amides is 2. The monoisotopic (exact) mass is 372 g/mol. The average molecular weight is 373 g/mol. The topological polar surface area (TPSA) is 65.5 Å². The maximum atomic E-state index is 12.2. The Balaban J connectivity index is 1.65. The van der Waals surface area contributed by atoms with Gasteiger partial charge in [0.2, 0.25) is 5.91 Å². The molecule has 0 atom stereocenters. The lowest BCUT2D eigenvalue weighted by atomic mass is 10.2. The number of anilines is 2. The molecule has 1 fully saturated rings. The van der Waals surface area contributed by atoms with E-state index in [4.69, 9.17) is 11.6 Å². The maximum Gasteiger partial charge on any atom is 0.257 e. The molecule has 2 aromatic rings. The van der Waals surface area contributed by atoms with Gasteiger partial charge in [-0.3, -0.25) is 14.6 Å². The molecule has 26 heavy (non-hydrogen) atoms. The van der Waals surface area contributed by atoms with Crippen LogP contribution in [0, 0.1) is 0 Å². The third-order valence-electron chi connectivity index (χ3n) is 4.40. The molecular formula is C19H21ClN4O2. The summed E-state index contributed by atoms with van der Waals surface area (Å²) in [6.07, 6.45) is 3.67. The van der Waals surface area contributed by atoms with Gasteiger partial charge in [-0.1, -0.05) is 18.5 Å². The fourth-order valence-corrected chi connectivity index (χ4v) is 3.26. The first-order valence-corrected chi connectivity index (χ1v) is 9.00. The zero-order valence-corrected chi connectivity index (χ0v) is 15.4. The Morgan fingerprint density at radius 1 is 1.19 bits per heavy atom. The Morgan fingerprint density at radius 2 is 1.96 bits per heavy atom. The van der Waals surface area contributed by atoms with Gasteiger partial charge >= 0.3 is 0 Å². The average Bonchev–Trinajstić information content (AvgIpc) is 2.68. The lowest BCUT2D eigenvalue weighted by Crippen LogP contribution is -2.48. The number of nitrogens with zero attached hydrogens (tertiary/aromatic N) is 3. The van der Waals surface area contributed by atoms with Crippen molar-refractivity contribution in [2.24, 2.45) is 0 Å². The SMILES string of the molecule is CCC(=O)N1CCN(c2ccc(NC(=O)c3cccnc3)cc2Cl)CC1. The van der Waals surface area contributed by atoms with E-state index in [-0.39, 0.29) is 11.8 Å². The zero-order valence-electron chi connectivity index (χ0n) is 14.6. The molecule has 1 aromatic carbocycles. The van der Waals surface area contributed by atoms with E-state index in [2.05, 4.69) is 15.2 Å². The molecule has 2 heterocycles. The summed E-state index contributed by atoms with van der Waals surface area (Å²) in [5.74, 6) is -0.0437. The first-order valence-electron chi connectivity index (χ1n) is 8.62. The second kappa shape index (κ2) is 8.19. The second-order valence-electron chi connectivity index (χ2n) is 6.08. The molecular weight excluding hydrogens is 352 g/mol. The lowest BCUT2D eigenvalue weighted by Gasteiger charge is -2.36. The highest BCUT2D eigenvalue weighted by molar-refractivity contribution is 6.33. The minimum absolute atomic E-state index is 0.184. The van der Waals surface area contributed by atoms with Crippen molar-refractivity contribution >= 4 is 34.8 Å². The molecule has 136 valence electrons. The first-order chi connectivity index (χ1) is 12.6. The van der Waals surface area contributed by atoms with Crippen LogP contribution in [0.15, 0.2) is 42.7 Å². The number of piperazine rings is 1. The smallest absolute Gasteiger partial charge is 0.257 e. The molecule has 3 rings (SSSR count). The molecule has 0 aliphatic carbocycles. The molecule has 6 nitrogen and oxygen atoms in total. The summed E-state index contributed by atoms with van der Waals surface area (Å²) >= 11 is 6.43. The number of hydrogen-bond donors (Lipinski definition) is 1. The van der Waals surface area contributed by atoms with Gasteiger partial charge in [-0.25, -0.2) is 0 Å². The van der Waals surface area contributed by atoms with Gasteiger partial charge in [-0.05, 0) is 30.3 Å². The van der Waals surface area contributed by atoms with Crippen molar-refractivity contribution in [2.75, 3.05) is 36.4 Å². The summed E-state index contributed by atoms with van der Waals surface area (Å²) in [5.41, 5.74) is 2.03. The Labute approximate surface area is 157 Å². The van der Waals surface area contributed by atoms with Crippen molar-refractivity contribution < 1.29 is 9.59 Å². The van der Waals surface area contributed by atoms with Gasteiger partial charge in [0.1, 0.15) is 0 Å². The number of nitrogens with one attached hydrogen (secondary N) is 1. The first kappa shape index (κ1) is 18.2. The third-order valence-corrected chi connectivity index (χ3v) is 4.71. The minimum atomic E-state index is -0.228. The third kappa shape index (κ3) is 4.14. The molecule has 1 aliphatic heterocycles. The second-order valence-corrected chi connectivity index (χ2v) is 6.49. The fourth-order valence-electron chi connectivity index (χ4n) is 2.96. The largest absolute Gasteiger partial charge is 0.367 e. The number of hydrogen-bond acceptors (Lipinski definition) is 4. The summed E-state index contributed by atoms with van der Waals surface area (Å²) in [4.78, 5) is 32.0. The van der Waals surface area contributed by atoms with Gasteiger partial charge < -0.3 is 15.1 Å². The summed E-state index contributed by atoms with van der Waals surface area (Å²) < 4.78 is 0. The zero-order chi connectivity index (χ0) is 18.5. The number of halogens is 1. The minimum Gasteiger partial charge on any atom is -0.367 e. The van der Waals surface area contributed by atoms with Crippen molar-refractivity contribution in [1.29, 1.82) is 0 Å². The Morgan fingerprint density at radius 3 is 2.58 bits per heavy atom. The number of carbonyl (C=O) groups is 2. The van der Waals surface area contributed by atoms with E-state index in [0.29, 0.717) is 35.8 Å². The summed E-state index contributed by atoms with van der Waals surface area (Å²) in [6.45, 7) is 4.76. The molecule has 1 aromatic heterocycles. The van der Waals surface area contributed by atoms with Crippen LogP contribution in [-0.2, 0) is 4.79 Å². The van der Waals surface area contributed by atoms with Crippen molar-refractivity contribution in [3.05, 3.63) is 53.3 Å². The van der Waals surface area contributed by atoms with E-state index in [1.165, 1.54) is 6.20 Å². The standard InChI is InChI=1S/C19H21ClN4O2/c1-2-18(25)24-10-8-23(9-11-24)17-6-5-15(12-16(17)20)22-19(26)14-4-3-7-21-13-14/h3-7,12-13H,2,8-11H2,1H3,(H,22,26). The lowest BCUT2D eigenvalue weighted by molar-refractivity contribution is -0.131. The van der Waals surface area contributed by atoms with E-state index >= 15 is 0 Å². The molecule has 1 saturated heterocycles. The molecule has 0 bridgehead atoms. The maximum absolute atomic E-state index is 12.2. The Kier molecular flexibility index (Phi) is 5.73. The molecule has 7 heteroatoms. The van der Waals surface area contributed by atoms with E-state index in [9.17, 15) is 9.59 Å². The van der Waals surface area contributed by atoms with Crippen LogP contribution in [0.3, 0.4) is 0 Å². The summed E-state index contributed by atoms with van der Waals surface area (Å²) in [6, 6.07) is 8.90. The molecule has 1 aliphatic rings. The van der Waals surface area contributed by atoms with Crippen molar-refractivity contribution in [3.8, 4) is 0 Å². The van der Waals surface area contributed by atoms with Gasteiger partial charge in [-0.2, -0.15) is 0 Å². The van der Waals surface area contributed by atoms with Crippen LogP contribution in [0.25, 0.3) is 0 Å². The fraction of sp³-hybridized carbons (Fsp3) is 0.316. The molecule has 0 saturated carbocycles. The summed E-state index contributed by atoms with van der Waals surface area (Å²) in [7, 11) is 0. The molecule has 0 spiro atoms. The highest BCUT2D eigenvalue weighted by Gasteiger charge is 2.21. The normalized spacial score (nSPS) is 14.2. The Hall–Kier alpha value is -2.60. The van der Waals surface area contributed by atoms with E-state index in [0.717, 1.165) is 18.8 Å². The predicted molar refractivity (Wildman–Crippen MR) is 103 cm³/mol. The van der Waals surface area contributed by atoms with Crippen LogP contribution in [0.2, 0.25) is 5.02 Å². The number of rotatable bonds is 4. The molecule has 2 amide bonds. The van der Waals surface area contributed by atoms with Crippen LogP contribution >= 0.6 is 11.6 Å². The van der Waals surface area contributed by atoms with E-state index in [1.54, 1.807) is 24.4 Å². The van der Waals surface area contributed by atoms with Crippen LogP contribution in [0.5, 0.6) is 0 Å². The van der Waals surface area contributed by atoms with Crippen molar-refractivity contribution in [1.82, 2.24) is 9.88 Å². The highest BCUT2D eigenvalue weighted by Crippen LogP contribution is 2.30. The van der Waals surface area contributed by atoms with Crippen LogP contribution < -0.4 is 10.2 Å².